The van der Waals surface area contributed by atoms with Crippen LogP contribution < -0.4 is 19.9 Å². The minimum atomic E-state index is -3.67. The van der Waals surface area contributed by atoms with Gasteiger partial charge in [0.25, 0.3) is 0 Å². The summed E-state index contributed by atoms with van der Waals surface area (Å²) in [6.45, 7) is 4.19. The normalized spacial score (nSPS) is 11.4. The van der Waals surface area contributed by atoms with Crippen LogP contribution in [0.5, 0.6) is 11.5 Å². The average Bonchev–Trinajstić information content (AvgIpc) is 2.76. The summed E-state index contributed by atoms with van der Waals surface area (Å²) in [5, 5.41) is 9.20. The molecule has 3 aromatic rings. The van der Waals surface area contributed by atoms with Crippen molar-refractivity contribution in [3.8, 4) is 11.5 Å². The van der Waals surface area contributed by atoms with Crippen molar-refractivity contribution in [2.24, 2.45) is 5.14 Å². The lowest BCUT2D eigenvalue weighted by Crippen LogP contribution is -2.17. The van der Waals surface area contributed by atoms with Gasteiger partial charge in [-0.15, -0.1) is 0 Å². The topological polar surface area (TPSA) is 90.6 Å². The highest BCUT2D eigenvalue weighted by atomic mass is 79.9. The van der Waals surface area contributed by atoms with Crippen molar-refractivity contribution in [1.82, 2.24) is 5.32 Å². The van der Waals surface area contributed by atoms with Crippen LogP contribution in [-0.4, -0.2) is 21.6 Å². The van der Waals surface area contributed by atoms with Crippen LogP contribution in [0, 0.1) is 0 Å². The summed E-state index contributed by atoms with van der Waals surface area (Å²) in [5.74, 6) is 1.32. The molecule has 0 aliphatic carbocycles. The third-order valence-electron chi connectivity index (χ3n) is 4.81. The number of sulfonamides is 1. The predicted octanol–water partition coefficient (Wildman–Crippen LogP) is 5.06. The zero-order chi connectivity index (χ0) is 23.8. The van der Waals surface area contributed by atoms with Crippen molar-refractivity contribution < 1.29 is 17.9 Å². The lowest BCUT2D eigenvalue weighted by molar-refractivity contribution is 0.267. The van der Waals surface area contributed by atoms with E-state index in [0.29, 0.717) is 36.3 Å². The second-order valence-electron chi connectivity index (χ2n) is 7.37. The molecule has 176 valence electrons. The summed E-state index contributed by atoms with van der Waals surface area (Å²) in [4.78, 5) is 0.116. The average molecular weight is 554 g/mol. The zero-order valence-corrected chi connectivity index (χ0v) is 21.3. The van der Waals surface area contributed by atoms with Crippen molar-refractivity contribution in [2.45, 2.75) is 31.4 Å². The molecule has 0 fully saturated rings. The van der Waals surface area contributed by atoms with Crippen LogP contribution in [0.4, 0.5) is 0 Å². The summed E-state index contributed by atoms with van der Waals surface area (Å²) < 4.78 is 35.4. The third kappa shape index (κ3) is 7.72. The lowest BCUT2D eigenvalue weighted by Gasteiger charge is -2.16. The van der Waals surface area contributed by atoms with E-state index in [-0.39, 0.29) is 4.90 Å². The fourth-order valence-corrected chi connectivity index (χ4v) is 4.55. The molecule has 33 heavy (non-hydrogen) atoms. The number of ether oxygens (including phenoxy) is 2. The van der Waals surface area contributed by atoms with Crippen LogP contribution in [0.2, 0.25) is 5.02 Å². The number of halogens is 2. The van der Waals surface area contributed by atoms with Crippen LogP contribution in [0.25, 0.3) is 0 Å². The molecule has 0 saturated heterocycles. The maximum atomic E-state index is 11.4. The molecule has 9 heteroatoms. The maximum absolute atomic E-state index is 11.4. The monoisotopic (exact) mass is 552 g/mol. The first-order valence-corrected chi connectivity index (χ1v) is 13.1. The van der Waals surface area contributed by atoms with Crippen LogP contribution in [-0.2, 0) is 29.6 Å². The number of hydrogen-bond donors (Lipinski definition) is 2. The van der Waals surface area contributed by atoms with E-state index < -0.39 is 10.0 Å². The van der Waals surface area contributed by atoms with Crippen molar-refractivity contribution in [3.63, 3.8) is 0 Å². The first kappa shape index (κ1) is 25.5. The van der Waals surface area contributed by atoms with Gasteiger partial charge in [0.15, 0.2) is 11.5 Å². The highest BCUT2D eigenvalue weighted by Gasteiger charge is 2.13. The van der Waals surface area contributed by atoms with Crippen molar-refractivity contribution in [1.29, 1.82) is 0 Å². The molecule has 0 aliphatic rings. The Kier molecular flexibility index (Phi) is 9.17. The molecule has 0 heterocycles. The van der Waals surface area contributed by atoms with Gasteiger partial charge in [-0.2, -0.15) is 0 Å². The van der Waals surface area contributed by atoms with Crippen LogP contribution in [0.3, 0.4) is 0 Å². The van der Waals surface area contributed by atoms with Crippen LogP contribution >= 0.6 is 27.5 Å². The van der Waals surface area contributed by atoms with E-state index in [0.717, 1.165) is 34.1 Å². The van der Waals surface area contributed by atoms with E-state index in [1.54, 1.807) is 12.1 Å². The maximum Gasteiger partial charge on any atom is 0.238 e. The molecule has 0 saturated carbocycles. The molecule has 3 rings (SSSR count). The van der Waals surface area contributed by atoms with Gasteiger partial charge in [-0.05, 0) is 88.9 Å². The Hall–Kier alpha value is -2.10. The van der Waals surface area contributed by atoms with Gasteiger partial charge in [-0.3, -0.25) is 0 Å². The number of benzene rings is 3. The molecular formula is C24H26BrClN2O4S. The molecule has 0 unspecified atom stereocenters. The zero-order valence-electron chi connectivity index (χ0n) is 18.2. The molecule has 0 atom stereocenters. The number of rotatable bonds is 11. The number of nitrogens with two attached hydrogens (primary N) is 1. The van der Waals surface area contributed by atoms with Gasteiger partial charge in [-0.25, -0.2) is 13.6 Å². The quantitative estimate of drug-likeness (QED) is 0.324. The Labute approximate surface area is 208 Å². The predicted molar refractivity (Wildman–Crippen MR) is 134 cm³/mol. The molecule has 0 spiro atoms. The van der Waals surface area contributed by atoms with E-state index in [1.807, 2.05) is 43.3 Å². The first-order valence-electron chi connectivity index (χ1n) is 10.4. The summed E-state index contributed by atoms with van der Waals surface area (Å²) in [6, 6.07) is 18.1. The van der Waals surface area contributed by atoms with Gasteiger partial charge in [0.1, 0.15) is 6.61 Å². The molecule has 0 amide bonds. The summed E-state index contributed by atoms with van der Waals surface area (Å²) >= 11 is 9.66. The Bertz CT molecular complexity index is 1190. The molecule has 0 radical (unpaired) electrons. The highest BCUT2D eigenvalue weighted by Crippen LogP contribution is 2.37. The molecular weight excluding hydrogens is 528 g/mol. The molecule has 0 aliphatic heterocycles. The first-order chi connectivity index (χ1) is 15.8. The molecule has 3 aromatic carbocycles. The highest BCUT2D eigenvalue weighted by molar-refractivity contribution is 9.10. The van der Waals surface area contributed by atoms with Gasteiger partial charge in [0.05, 0.1) is 16.0 Å². The minimum Gasteiger partial charge on any atom is -0.490 e. The largest absolute Gasteiger partial charge is 0.490 e. The molecule has 3 N–H and O–H groups in total. The van der Waals surface area contributed by atoms with E-state index in [1.165, 1.54) is 12.1 Å². The summed E-state index contributed by atoms with van der Waals surface area (Å²) in [5.41, 5.74) is 3.04. The van der Waals surface area contributed by atoms with E-state index >= 15 is 0 Å². The standard InChI is InChI=1S/C24H26BrClN2O4S/c1-2-31-23-14-19(13-22(25)24(23)32-16-18-4-3-5-20(26)12-18)15-28-11-10-17-6-8-21(9-7-17)33(27,29)30/h3-9,12-14,28H,2,10-11,15-16H2,1H3,(H2,27,29,30). The van der Waals surface area contributed by atoms with Gasteiger partial charge < -0.3 is 14.8 Å². The second-order valence-corrected chi connectivity index (χ2v) is 10.2. The Morgan fingerprint density at radius 3 is 2.42 bits per heavy atom. The van der Waals surface area contributed by atoms with Crippen molar-refractivity contribution in [3.05, 3.63) is 86.8 Å². The van der Waals surface area contributed by atoms with Crippen LogP contribution in [0.1, 0.15) is 23.6 Å². The van der Waals surface area contributed by atoms with Crippen molar-refractivity contribution in [2.75, 3.05) is 13.2 Å². The number of hydrogen-bond acceptors (Lipinski definition) is 5. The minimum absolute atomic E-state index is 0.116. The molecule has 6 nitrogen and oxygen atoms in total. The third-order valence-corrected chi connectivity index (χ3v) is 6.57. The summed E-state index contributed by atoms with van der Waals surface area (Å²) in [6.07, 6.45) is 0.755. The van der Waals surface area contributed by atoms with E-state index in [9.17, 15) is 8.42 Å². The number of primary sulfonamides is 1. The Morgan fingerprint density at radius 2 is 1.76 bits per heavy atom. The fraction of sp³-hybridized carbons (Fsp3) is 0.250. The smallest absolute Gasteiger partial charge is 0.238 e. The number of nitrogens with one attached hydrogen (secondary N) is 1. The van der Waals surface area contributed by atoms with E-state index in [4.69, 9.17) is 26.2 Å². The molecule has 0 bridgehead atoms. The van der Waals surface area contributed by atoms with Gasteiger partial charge >= 0.3 is 0 Å². The lowest BCUT2D eigenvalue weighted by atomic mass is 10.1. The SMILES string of the molecule is CCOc1cc(CNCCc2ccc(S(N)(=O)=O)cc2)cc(Br)c1OCc1cccc(Cl)c1. The Morgan fingerprint density at radius 1 is 1.00 bits per heavy atom. The second kappa shape index (κ2) is 11.9. The molecule has 0 aromatic heterocycles. The van der Waals surface area contributed by atoms with Crippen molar-refractivity contribution >= 4 is 37.6 Å². The summed E-state index contributed by atoms with van der Waals surface area (Å²) in [7, 11) is -3.67. The van der Waals surface area contributed by atoms with Gasteiger partial charge in [0, 0.05) is 11.6 Å². The fourth-order valence-electron chi connectivity index (χ4n) is 3.22. The van der Waals surface area contributed by atoms with Gasteiger partial charge in [0.2, 0.25) is 10.0 Å². The van der Waals surface area contributed by atoms with Gasteiger partial charge in [-0.1, -0.05) is 35.9 Å². The Balaban J connectivity index is 1.59. The van der Waals surface area contributed by atoms with E-state index in [2.05, 4.69) is 21.2 Å². The van der Waals surface area contributed by atoms with Crippen LogP contribution in [0.15, 0.2) is 70.0 Å².